The van der Waals surface area contributed by atoms with E-state index in [2.05, 4.69) is 10.6 Å². The van der Waals surface area contributed by atoms with Crippen LogP contribution in [0.15, 0.2) is 41.5 Å². The molecule has 6 heteroatoms. The summed E-state index contributed by atoms with van der Waals surface area (Å²) < 4.78 is 1.73. The maximum atomic E-state index is 12.7. The van der Waals surface area contributed by atoms with Crippen LogP contribution in [0.1, 0.15) is 52.6 Å². The standard InChI is InChI=1S/C21H27N3O3/c1-5-22-20(26)17-12-24(11-14(2)3)13-18(19(17)25)21(27)23-10-16-8-6-7-15(4)9-16/h6-9,12-14H,5,10-11H2,1-4H3,(H,22,26)(H,23,27). The average molecular weight is 369 g/mol. The fraction of sp³-hybridized carbons (Fsp3) is 0.381. The van der Waals surface area contributed by atoms with Crippen molar-refractivity contribution >= 4 is 11.8 Å². The maximum absolute atomic E-state index is 12.7. The van der Waals surface area contributed by atoms with Gasteiger partial charge in [-0.3, -0.25) is 14.4 Å². The van der Waals surface area contributed by atoms with Crippen LogP contribution in [-0.4, -0.2) is 22.9 Å². The van der Waals surface area contributed by atoms with Crippen molar-refractivity contribution in [2.24, 2.45) is 5.92 Å². The first-order chi connectivity index (χ1) is 12.8. The van der Waals surface area contributed by atoms with Crippen LogP contribution in [0, 0.1) is 12.8 Å². The molecule has 0 saturated carbocycles. The second-order valence-corrected chi connectivity index (χ2v) is 7.04. The molecule has 0 saturated heterocycles. The molecule has 0 atom stereocenters. The van der Waals surface area contributed by atoms with Gasteiger partial charge in [0.2, 0.25) is 5.43 Å². The highest BCUT2D eigenvalue weighted by atomic mass is 16.2. The van der Waals surface area contributed by atoms with E-state index in [0.29, 0.717) is 25.6 Å². The Morgan fingerprint density at radius 3 is 2.26 bits per heavy atom. The number of carbonyl (C=O) groups is 2. The summed E-state index contributed by atoms with van der Waals surface area (Å²) >= 11 is 0. The lowest BCUT2D eigenvalue weighted by Crippen LogP contribution is -2.35. The molecule has 1 heterocycles. The number of amides is 2. The summed E-state index contributed by atoms with van der Waals surface area (Å²) in [5.41, 5.74) is 1.46. The van der Waals surface area contributed by atoms with Gasteiger partial charge in [-0.2, -0.15) is 0 Å². The number of hydrogen-bond donors (Lipinski definition) is 2. The van der Waals surface area contributed by atoms with E-state index < -0.39 is 17.2 Å². The maximum Gasteiger partial charge on any atom is 0.257 e. The molecule has 2 rings (SSSR count). The molecule has 27 heavy (non-hydrogen) atoms. The van der Waals surface area contributed by atoms with E-state index in [0.717, 1.165) is 11.1 Å². The molecule has 0 unspecified atom stereocenters. The highest BCUT2D eigenvalue weighted by Crippen LogP contribution is 2.06. The largest absolute Gasteiger partial charge is 0.352 e. The quantitative estimate of drug-likeness (QED) is 0.787. The number of hydrogen-bond acceptors (Lipinski definition) is 3. The van der Waals surface area contributed by atoms with Gasteiger partial charge in [0.15, 0.2) is 0 Å². The Morgan fingerprint density at radius 2 is 1.70 bits per heavy atom. The molecule has 0 aliphatic carbocycles. The van der Waals surface area contributed by atoms with E-state index in [4.69, 9.17) is 0 Å². The Kier molecular flexibility index (Phi) is 6.93. The van der Waals surface area contributed by atoms with E-state index in [-0.39, 0.29) is 11.1 Å². The van der Waals surface area contributed by atoms with Crippen molar-refractivity contribution in [1.82, 2.24) is 15.2 Å². The molecule has 2 aromatic rings. The third-order valence-corrected chi connectivity index (χ3v) is 4.02. The SMILES string of the molecule is CCNC(=O)c1cn(CC(C)C)cc(C(=O)NCc2cccc(C)c2)c1=O. The Labute approximate surface area is 159 Å². The van der Waals surface area contributed by atoms with Crippen molar-refractivity contribution in [2.45, 2.75) is 40.8 Å². The number of nitrogens with zero attached hydrogens (tertiary/aromatic N) is 1. The number of benzene rings is 1. The number of nitrogens with one attached hydrogen (secondary N) is 2. The lowest BCUT2D eigenvalue weighted by molar-refractivity contribution is 0.0948. The molecule has 0 fully saturated rings. The molecule has 0 spiro atoms. The van der Waals surface area contributed by atoms with Crippen molar-refractivity contribution in [3.63, 3.8) is 0 Å². The van der Waals surface area contributed by atoms with Crippen molar-refractivity contribution in [3.05, 3.63) is 69.1 Å². The fourth-order valence-electron chi connectivity index (χ4n) is 2.84. The minimum absolute atomic E-state index is 0.0132. The molecule has 6 nitrogen and oxygen atoms in total. The van der Waals surface area contributed by atoms with Gasteiger partial charge in [0, 0.05) is 32.0 Å². The van der Waals surface area contributed by atoms with Gasteiger partial charge in [0.1, 0.15) is 11.1 Å². The second-order valence-electron chi connectivity index (χ2n) is 7.04. The summed E-state index contributed by atoms with van der Waals surface area (Å²) in [6.45, 7) is 9.14. The van der Waals surface area contributed by atoms with Gasteiger partial charge in [-0.1, -0.05) is 43.7 Å². The Hall–Kier alpha value is -2.89. The molecule has 0 aliphatic heterocycles. The van der Waals surface area contributed by atoms with Crippen LogP contribution in [0.25, 0.3) is 0 Å². The third-order valence-electron chi connectivity index (χ3n) is 4.02. The molecule has 1 aromatic heterocycles. The molecule has 1 aromatic carbocycles. The molecular formula is C21H27N3O3. The Morgan fingerprint density at radius 1 is 1.07 bits per heavy atom. The highest BCUT2D eigenvalue weighted by Gasteiger charge is 2.19. The summed E-state index contributed by atoms with van der Waals surface area (Å²) in [5.74, 6) is -0.642. The molecule has 0 aliphatic rings. The lowest BCUT2D eigenvalue weighted by atomic mass is 10.1. The van der Waals surface area contributed by atoms with Gasteiger partial charge in [-0.25, -0.2) is 0 Å². The number of aryl methyl sites for hydroxylation is 1. The summed E-state index contributed by atoms with van der Waals surface area (Å²) in [6.07, 6.45) is 3.04. The smallest absolute Gasteiger partial charge is 0.257 e. The Balaban J connectivity index is 2.32. The zero-order valence-electron chi connectivity index (χ0n) is 16.3. The zero-order valence-corrected chi connectivity index (χ0v) is 16.3. The summed E-state index contributed by atoms with van der Waals surface area (Å²) in [4.78, 5) is 37.6. The van der Waals surface area contributed by atoms with Crippen LogP contribution in [0.2, 0.25) is 0 Å². The molecule has 2 amide bonds. The summed E-state index contributed by atoms with van der Waals surface area (Å²) in [6, 6.07) is 7.78. The first-order valence-electron chi connectivity index (χ1n) is 9.17. The summed E-state index contributed by atoms with van der Waals surface area (Å²) in [5, 5.41) is 5.41. The van der Waals surface area contributed by atoms with Crippen LogP contribution in [0.4, 0.5) is 0 Å². The van der Waals surface area contributed by atoms with Crippen molar-refractivity contribution in [3.8, 4) is 0 Å². The number of rotatable bonds is 7. The second kappa shape index (κ2) is 9.16. The molecule has 0 radical (unpaired) electrons. The molecular weight excluding hydrogens is 342 g/mol. The highest BCUT2D eigenvalue weighted by molar-refractivity contribution is 5.99. The van der Waals surface area contributed by atoms with Gasteiger partial charge >= 0.3 is 0 Å². The molecule has 2 N–H and O–H groups in total. The van der Waals surface area contributed by atoms with Crippen molar-refractivity contribution in [1.29, 1.82) is 0 Å². The Bertz CT molecular complexity index is 884. The predicted octanol–water partition coefficient (Wildman–Crippen LogP) is 2.49. The van der Waals surface area contributed by atoms with E-state index in [9.17, 15) is 14.4 Å². The monoisotopic (exact) mass is 369 g/mol. The van der Waals surface area contributed by atoms with E-state index in [1.165, 1.54) is 12.4 Å². The van der Waals surface area contributed by atoms with E-state index in [1.807, 2.05) is 45.0 Å². The van der Waals surface area contributed by atoms with E-state index in [1.54, 1.807) is 11.5 Å². The van der Waals surface area contributed by atoms with Crippen LogP contribution in [0.5, 0.6) is 0 Å². The third kappa shape index (κ3) is 5.54. The predicted molar refractivity (Wildman–Crippen MR) is 106 cm³/mol. The first-order valence-corrected chi connectivity index (χ1v) is 9.17. The van der Waals surface area contributed by atoms with Crippen molar-refractivity contribution in [2.75, 3.05) is 6.54 Å². The normalized spacial score (nSPS) is 10.7. The first kappa shape index (κ1) is 20.4. The van der Waals surface area contributed by atoms with Crippen LogP contribution in [0.3, 0.4) is 0 Å². The van der Waals surface area contributed by atoms with Gasteiger partial charge in [-0.15, -0.1) is 0 Å². The lowest BCUT2D eigenvalue weighted by Gasteiger charge is -2.14. The van der Waals surface area contributed by atoms with Gasteiger partial charge in [-0.05, 0) is 25.3 Å². The number of aromatic nitrogens is 1. The summed E-state index contributed by atoms with van der Waals surface area (Å²) in [7, 11) is 0. The minimum atomic E-state index is -0.553. The zero-order chi connectivity index (χ0) is 20.0. The van der Waals surface area contributed by atoms with Crippen LogP contribution in [-0.2, 0) is 13.1 Å². The number of pyridine rings is 1. The van der Waals surface area contributed by atoms with Gasteiger partial charge in [0.25, 0.3) is 11.8 Å². The van der Waals surface area contributed by atoms with Crippen LogP contribution >= 0.6 is 0 Å². The van der Waals surface area contributed by atoms with Crippen LogP contribution < -0.4 is 16.1 Å². The fourth-order valence-corrected chi connectivity index (χ4v) is 2.84. The van der Waals surface area contributed by atoms with E-state index >= 15 is 0 Å². The number of carbonyl (C=O) groups excluding carboxylic acids is 2. The topological polar surface area (TPSA) is 80.2 Å². The van der Waals surface area contributed by atoms with Gasteiger partial charge in [0.05, 0.1) is 0 Å². The minimum Gasteiger partial charge on any atom is -0.352 e. The molecule has 144 valence electrons. The molecule has 0 bridgehead atoms. The average Bonchev–Trinajstić information content (AvgIpc) is 2.60. The van der Waals surface area contributed by atoms with Gasteiger partial charge < -0.3 is 15.2 Å². The van der Waals surface area contributed by atoms with Crippen molar-refractivity contribution < 1.29 is 9.59 Å².